The topological polar surface area (TPSA) is 368 Å². The Morgan fingerprint density at radius 3 is 1.65 bits per heavy atom. The molecule has 75 heavy (non-hydrogen) atoms. The van der Waals surface area contributed by atoms with E-state index in [-0.39, 0.29) is 24.3 Å². The average molecular weight is 1060 g/mol. The molecule has 0 bridgehead atoms. The van der Waals surface area contributed by atoms with Gasteiger partial charge < -0.3 is 82.3 Å². The van der Waals surface area contributed by atoms with Crippen LogP contribution in [-0.2, 0) is 33.6 Å². The fourth-order valence-electron chi connectivity index (χ4n) is 9.95. The van der Waals surface area contributed by atoms with Gasteiger partial charge in [-0.25, -0.2) is 0 Å². The fraction of sp³-hybridized carbons (Fsp3) is 0.750. The van der Waals surface area contributed by atoms with Crippen LogP contribution in [0.15, 0.2) is 24.3 Å². The highest BCUT2D eigenvalue weighted by Crippen LogP contribution is 2.28. The normalized spacial score (nSPS) is 29.2. The van der Waals surface area contributed by atoms with Gasteiger partial charge in [-0.05, 0) is 38.0 Å². The molecular weight excluding hydrogens is 979 g/mol. The molecule has 23 heteroatoms. The molecule has 0 radical (unpaired) electrons. The number of amides is 7. The molecule has 3 aliphatic rings. The van der Waals surface area contributed by atoms with Crippen molar-refractivity contribution in [3.05, 3.63) is 29.8 Å². The minimum atomic E-state index is -2.27. The number of nitrogens with one attached hydrogen (secondary N) is 5. The van der Waals surface area contributed by atoms with Crippen molar-refractivity contribution in [3.8, 4) is 5.75 Å². The summed E-state index contributed by atoms with van der Waals surface area (Å²) in [7, 11) is 0. The molecular formula is C52H85N7O16. The number of fused-ring (bicyclic) bond motifs is 2. The highest BCUT2D eigenvalue weighted by molar-refractivity contribution is 5.98. The second kappa shape index (κ2) is 30.7. The zero-order valence-electron chi connectivity index (χ0n) is 43.9. The highest BCUT2D eigenvalue weighted by atomic mass is 16.3. The Bertz CT molecular complexity index is 2010. The summed E-state index contributed by atoms with van der Waals surface area (Å²) in [6.07, 6.45) is 0.182. The van der Waals surface area contributed by atoms with Crippen molar-refractivity contribution >= 4 is 41.4 Å². The lowest BCUT2D eigenvalue weighted by Gasteiger charge is -2.34. The Balaban J connectivity index is 1.60. The SMILES string of the molecule is CCCCCCCCCCCCCCCCCC(=O)N[C@@H]1C[C@@H](O)[C@@H](O)NC(=O)[C@@H]2[C@@H](O)[C@@H](C)CN2C(=O)[C@H]([C@@H](C)O)NC(=O)[C@H]([C@H](O)[C@@H](O)c2ccc(O)cc2)NC(=O)[C@@H]2C[C@@H](O)CN2C(=O)[C@H]([C@@H](C)O)NC1=O. The third kappa shape index (κ3) is 18.3. The van der Waals surface area contributed by atoms with Crippen LogP contribution in [0.1, 0.15) is 155 Å². The molecule has 424 valence electrons. The molecule has 0 saturated carbocycles. The van der Waals surface area contributed by atoms with Crippen molar-refractivity contribution in [1.82, 2.24) is 36.4 Å². The van der Waals surface area contributed by atoms with E-state index in [1.54, 1.807) is 0 Å². The maximum absolute atomic E-state index is 14.3. The Labute approximate surface area is 439 Å². The summed E-state index contributed by atoms with van der Waals surface area (Å²) in [6, 6.07) is -6.56. The number of hydrogen-bond acceptors (Lipinski definition) is 16. The molecule has 0 aliphatic carbocycles. The van der Waals surface area contributed by atoms with Gasteiger partial charge in [0.2, 0.25) is 41.4 Å². The summed E-state index contributed by atoms with van der Waals surface area (Å²) in [6.45, 7) is 5.03. The number of phenolic OH excluding ortho intramolecular Hbond substituents is 1. The van der Waals surface area contributed by atoms with Gasteiger partial charge >= 0.3 is 0 Å². The first-order valence-electron chi connectivity index (χ1n) is 26.9. The number of benzene rings is 1. The summed E-state index contributed by atoms with van der Waals surface area (Å²) < 4.78 is 0. The minimum Gasteiger partial charge on any atom is -0.508 e. The van der Waals surface area contributed by atoms with E-state index >= 15 is 0 Å². The molecule has 3 heterocycles. The van der Waals surface area contributed by atoms with Crippen LogP contribution in [0.25, 0.3) is 0 Å². The maximum atomic E-state index is 14.3. The summed E-state index contributed by atoms with van der Waals surface area (Å²) >= 11 is 0. The molecule has 1 aromatic carbocycles. The van der Waals surface area contributed by atoms with Crippen molar-refractivity contribution in [2.45, 2.75) is 228 Å². The van der Waals surface area contributed by atoms with E-state index in [4.69, 9.17) is 0 Å². The van der Waals surface area contributed by atoms with Gasteiger partial charge in [-0.15, -0.1) is 0 Å². The van der Waals surface area contributed by atoms with Crippen molar-refractivity contribution < 1.29 is 79.5 Å². The van der Waals surface area contributed by atoms with Crippen LogP contribution in [0.5, 0.6) is 5.75 Å². The van der Waals surface area contributed by atoms with Gasteiger partial charge in [-0.1, -0.05) is 116 Å². The third-order valence-electron chi connectivity index (χ3n) is 14.5. The molecule has 3 aliphatic heterocycles. The second-order valence-electron chi connectivity index (χ2n) is 20.8. The molecule has 3 saturated heterocycles. The largest absolute Gasteiger partial charge is 0.508 e. The lowest BCUT2D eigenvalue weighted by atomic mass is 9.96. The van der Waals surface area contributed by atoms with Crippen LogP contribution in [0.3, 0.4) is 0 Å². The number of nitrogens with zero attached hydrogens (tertiary/aromatic N) is 2. The molecule has 23 nitrogen and oxygen atoms in total. The van der Waals surface area contributed by atoms with Gasteiger partial charge in [-0.3, -0.25) is 33.6 Å². The fourth-order valence-corrected chi connectivity index (χ4v) is 9.95. The molecule has 4 rings (SSSR count). The number of carbonyl (C=O) groups excluding carboxylic acids is 7. The molecule has 1 aromatic rings. The number of phenols is 1. The smallest absolute Gasteiger partial charge is 0.248 e. The number of rotatable bonds is 22. The number of aliphatic hydroxyl groups excluding tert-OH is 8. The predicted molar refractivity (Wildman–Crippen MR) is 271 cm³/mol. The highest BCUT2D eigenvalue weighted by Gasteiger charge is 2.50. The predicted octanol–water partition coefficient (Wildman–Crippen LogP) is -0.882. The number of aliphatic hydroxyl groups is 8. The van der Waals surface area contributed by atoms with Crippen molar-refractivity contribution in [3.63, 3.8) is 0 Å². The third-order valence-corrected chi connectivity index (χ3v) is 14.5. The van der Waals surface area contributed by atoms with Crippen molar-refractivity contribution in [2.24, 2.45) is 5.92 Å². The number of unbranched alkanes of at least 4 members (excludes halogenated alkanes) is 14. The van der Waals surface area contributed by atoms with E-state index in [0.29, 0.717) is 12.8 Å². The van der Waals surface area contributed by atoms with E-state index in [0.717, 1.165) is 49.3 Å². The second-order valence-corrected chi connectivity index (χ2v) is 20.8. The Kier molecular flexibility index (Phi) is 25.6. The van der Waals surface area contributed by atoms with E-state index in [1.807, 2.05) is 0 Å². The van der Waals surface area contributed by atoms with Gasteiger partial charge in [0.15, 0.2) is 6.23 Å². The molecule has 15 atom stereocenters. The van der Waals surface area contributed by atoms with E-state index in [1.165, 1.54) is 89.0 Å². The number of hydrogen-bond donors (Lipinski definition) is 14. The number of aromatic hydroxyl groups is 1. The van der Waals surface area contributed by atoms with Crippen molar-refractivity contribution in [2.75, 3.05) is 13.1 Å². The molecule has 3 fully saturated rings. The van der Waals surface area contributed by atoms with Crippen LogP contribution in [0, 0.1) is 5.92 Å². The molecule has 0 unspecified atom stereocenters. The zero-order valence-corrected chi connectivity index (χ0v) is 43.9. The first-order chi connectivity index (χ1) is 35.6. The number of carbonyl (C=O) groups is 7. The zero-order chi connectivity index (χ0) is 55.5. The Morgan fingerprint density at radius 2 is 1.12 bits per heavy atom. The molecule has 7 amide bonds. The lowest BCUT2D eigenvalue weighted by Crippen LogP contribution is -2.64. The van der Waals surface area contributed by atoms with E-state index in [9.17, 15) is 79.5 Å². The Morgan fingerprint density at radius 1 is 0.627 bits per heavy atom. The van der Waals surface area contributed by atoms with Gasteiger partial charge in [0, 0.05) is 38.3 Å². The van der Waals surface area contributed by atoms with Gasteiger partial charge in [0.05, 0.1) is 24.4 Å². The van der Waals surface area contributed by atoms with E-state index < -0.39 is 152 Å². The van der Waals surface area contributed by atoms with Gasteiger partial charge in [-0.2, -0.15) is 0 Å². The quantitative estimate of drug-likeness (QED) is 0.0627. The summed E-state index contributed by atoms with van der Waals surface area (Å²) in [5.74, 6) is -8.91. The van der Waals surface area contributed by atoms with Crippen LogP contribution in [-0.4, -0.2) is 189 Å². The summed E-state index contributed by atoms with van der Waals surface area (Å²) in [5, 5.41) is 111. The maximum Gasteiger partial charge on any atom is 0.248 e. The van der Waals surface area contributed by atoms with Crippen LogP contribution < -0.4 is 26.6 Å². The van der Waals surface area contributed by atoms with Crippen LogP contribution in [0.2, 0.25) is 0 Å². The summed E-state index contributed by atoms with van der Waals surface area (Å²) in [5.41, 5.74) is -0.0582. The molecule has 0 aromatic heterocycles. The monoisotopic (exact) mass is 1060 g/mol. The summed E-state index contributed by atoms with van der Waals surface area (Å²) in [4.78, 5) is 100. The Hall–Kier alpha value is -5.01. The van der Waals surface area contributed by atoms with E-state index in [2.05, 4.69) is 33.5 Å². The standard InChI is InChI=1S/C52H85N7O16/c1-5-6-7-8-9-10-11-12-13-14-15-16-17-18-19-20-38(65)53-35-26-37(64)48(71)57-50(73)42-43(66)29(2)27-59(42)52(75)40(31(4)61)55-49(72)41(45(68)44(67)32-21-23-33(62)24-22-32)56-47(70)36-25-34(63)28-58(36)51(74)39(30(3)60)54-46(35)69/h21-24,29-31,34-37,39-45,48,60-64,66-68,71H,5-20,25-28H2,1-4H3,(H,53,65)(H,54,69)(H,55,72)(H,56,70)(H,57,73)/t29-,30+,31+,34+,35+,36-,37+,39-,40-,41-,42-,43-,44-,45-,48+/m0/s1. The molecule has 0 spiro atoms. The lowest BCUT2D eigenvalue weighted by molar-refractivity contribution is -0.148. The minimum absolute atomic E-state index is 0.0489. The van der Waals surface area contributed by atoms with Crippen molar-refractivity contribution in [1.29, 1.82) is 0 Å². The van der Waals surface area contributed by atoms with Gasteiger partial charge in [0.25, 0.3) is 0 Å². The first kappa shape index (κ1) is 62.5. The average Bonchev–Trinajstić information content (AvgIpc) is 3.91. The van der Waals surface area contributed by atoms with Crippen LogP contribution in [0.4, 0.5) is 0 Å². The van der Waals surface area contributed by atoms with Gasteiger partial charge in [0.1, 0.15) is 60.3 Å². The molecule has 14 N–H and O–H groups in total. The first-order valence-corrected chi connectivity index (χ1v) is 26.9. The van der Waals surface area contributed by atoms with Crippen LogP contribution >= 0.6 is 0 Å².